The van der Waals surface area contributed by atoms with Crippen LogP contribution < -0.4 is 0 Å². The Morgan fingerprint density at radius 3 is 2.05 bits per heavy atom. The highest BCUT2D eigenvalue weighted by Gasteiger charge is 2.22. The van der Waals surface area contributed by atoms with Gasteiger partial charge in [-0.25, -0.2) is 15.0 Å². The Kier molecular flexibility index (Phi) is 5.03. The molecule has 0 amide bonds. The van der Waals surface area contributed by atoms with Gasteiger partial charge >= 0.3 is 0 Å². The smallest absolute Gasteiger partial charge is 0.180 e. The van der Waals surface area contributed by atoms with E-state index in [1.165, 1.54) is 41.0 Å². The maximum Gasteiger partial charge on any atom is 0.180 e. The van der Waals surface area contributed by atoms with Crippen LogP contribution >= 0.6 is 22.7 Å². The van der Waals surface area contributed by atoms with Crippen molar-refractivity contribution in [3.05, 3.63) is 127 Å². The second-order valence-corrected chi connectivity index (χ2v) is 13.3. The molecule has 0 aliphatic rings. The van der Waals surface area contributed by atoms with E-state index in [4.69, 9.17) is 15.0 Å². The highest BCUT2D eigenvalue weighted by Crippen LogP contribution is 2.45. The minimum atomic E-state index is 0.655. The summed E-state index contributed by atoms with van der Waals surface area (Å²) >= 11 is 3.59. The maximum absolute atomic E-state index is 5.41. The first-order valence-corrected chi connectivity index (χ1v) is 16.2. The summed E-state index contributed by atoms with van der Waals surface area (Å²) in [5.41, 5.74) is 4.78. The molecule has 0 atom stereocenters. The van der Waals surface area contributed by atoms with Gasteiger partial charge in [0.1, 0.15) is 5.69 Å². The van der Waals surface area contributed by atoms with Crippen LogP contribution in [-0.4, -0.2) is 15.0 Å². The molecule has 3 nitrogen and oxygen atoms in total. The first-order chi connectivity index (χ1) is 21.8. The van der Waals surface area contributed by atoms with Crippen LogP contribution in [0.2, 0.25) is 0 Å². The van der Waals surface area contributed by atoms with Crippen molar-refractivity contribution in [3.63, 3.8) is 0 Å². The monoisotopic (exact) mass is 595 g/mol. The Morgan fingerprint density at radius 2 is 1.16 bits per heavy atom. The van der Waals surface area contributed by atoms with E-state index in [2.05, 4.69) is 127 Å². The first-order valence-electron chi connectivity index (χ1n) is 14.6. The number of hydrogen-bond acceptors (Lipinski definition) is 5. The van der Waals surface area contributed by atoms with Gasteiger partial charge in [-0.05, 0) is 46.5 Å². The van der Waals surface area contributed by atoms with Crippen molar-refractivity contribution in [2.45, 2.75) is 0 Å². The van der Waals surface area contributed by atoms with Crippen LogP contribution in [0, 0.1) is 0 Å². The highest BCUT2D eigenvalue weighted by atomic mass is 32.1. The van der Waals surface area contributed by atoms with Crippen LogP contribution in [0.5, 0.6) is 0 Å². The minimum absolute atomic E-state index is 0.655. The fourth-order valence-electron chi connectivity index (χ4n) is 6.65. The topological polar surface area (TPSA) is 38.7 Å². The average Bonchev–Trinajstić information content (AvgIpc) is 3.66. The zero-order chi connectivity index (χ0) is 28.8. The van der Waals surface area contributed by atoms with Crippen molar-refractivity contribution in [1.29, 1.82) is 0 Å². The molecule has 0 spiro atoms. The lowest BCUT2D eigenvalue weighted by atomic mass is 9.98. The summed E-state index contributed by atoms with van der Waals surface area (Å²) in [6, 6.07) is 45.3. The molecule has 44 heavy (non-hydrogen) atoms. The van der Waals surface area contributed by atoms with Crippen LogP contribution in [0.1, 0.15) is 0 Å². The maximum atomic E-state index is 5.41. The van der Waals surface area contributed by atoms with Crippen LogP contribution in [0.4, 0.5) is 0 Å². The molecule has 0 aliphatic heterocycles. The molecule has 0 saturated carbocycles. The number of rotatable bonds is 2. The minimum Gasteiger partial charge on any atom is -0.244 e. The van der Waals surface area contributed by atoms with Gasteiger partial charge in [-0.1, -0.05) is 97.1 Å². The molecule has 0 fully saturated rings. The summed E-state index contributed by atoms with van der Waals surface area (Å²) in [4.78, 5) is 16.1. The lowest BCUT2D eigenvalue weighted by Crippen LogP contribution is -1.98. The summed E-state index contributed by atoms with van der Waals surface area (Å²) < 4.78 is 4.82. The Bertz CT molecular complexity index is 2790. The number of aromatic nitrogens is 3. The van der Waals surface area contributed by atoms with E-state index in [-0.39, 0.29) is 0 Å². The molecule has 5 heteroatoms. The van der Waals surface area contributed by atoms with Crippen molar-refractivity contribution < 1.29 is 0 Å². The summed E-state index contributed by atoms with van der Waals surface area (Å²) in [5.74, 6) is 0.655. The van der Waals surface area contributed by atoms with E-state index < -0.39 is 0 Å². The van der Waals surface area contributed by atoms with Gasteiger partial charge in [-0.3, -0.25) is 0 Å². The lowest BCUT2D eigenvalue weighted by molar-refractivity contribution is 1.21. The van der Waals surface area contributed by atoms with Crippen molar-refractivity contribution >= 4 is 95.6 Å². The van der Waals surface area contributed by atoms with E-state index in [1.807, 2.05) is 11.3 Å². The molecule has 4 heterocycles. The van der Waals surface area contributed by atoms with E-state index in [1.54, 1.807) is 11.3 Å². The molecule has 0 N–H and O–H groups in total. The second-order valence-electron chi connectivity index (χ2n) is 11.2. The van der Waals surface area contributed by atoms with Gasteiger partial charge in [0.2, 0.25) is 0 Å². The predicted octanol–water partition coefficient (Wildman–Crippen LogP) is 11.4. The number of fused-ring (bicyclic) bond motifs is 11. The highest BCUT2D eigenvalue weighted by molar-refractivity contribution is 7.26. The molecule has 0 bridgehead atoms. The Labute approximate surface area is 259 Å². The summed E-state index contributed by atoms with van der Waals surface area (Å²) in [6.07, 6.45) is 0. The van der Waals surface area contributed by atoms with E-state index in [0.29, 0.717) is 5.82 Å². The number of para-hydroxylation sites is 1. The largest absolute Gasteiger partial charge is 0.244 e. The molecule has 4 aromatic heterocycles. The molecule has 10 aromatic rings. The number of benzene rings is 6. The molecule has 0 unspecified atom stereocenters. The Hall–Kier alpha value is -5.23. The number of thiophene rings is 2. The van der Waals surface area contributed by atoms with Gasteiger partial charge < -0.3 is 0 Å². The lowest BCUT2D eigenvalue weighted by Gasteiger charge is -2.12. The molecule has 6 aromatic carbocycles. The molecule has 0 saturated heterocycles. The van der Waals surface area contributed by atoms with Crippen molar-refractivity contribution in [2.75, 3.05) is 0 Å². The number of nitrogens with zero attached hydrogens (tertiary/aromatic N) is 3. The predicted molar refractivity (Wildman–Crippen MR) is 189 cm³/mol. The normalized spacial score (nSPS) is 12.1. The molecule has 10 rings (SSSR count). The Balaban J connectivity index is 1.39. The average molecular weight is 596 g/mol. The van der Waals surface area contributed by atoms with Crippen LogP contribution in [0.15, 0.2) is 127 Å². The third kappa shape index (κ3) is 3.45. The standard InChI is InChI=1S/C39H21N3S2/c1-2-10-23-21-24(18-17-22(23)9-1)35-38-36(28-13-5-8-16-31(28)44-38)42-39(41-35)37-34-26(25-11-3-6-14-29(25)40-37)19-20-32-33(34)27-12-4-7-15-30(27)43-32/h1-21H. The molecule has 204 valence electrons. The van der Waals surface area contributed by atoms with Gasteiger partial charge in [-0.15, -0.1) is 22.7 Å². The quantitative estimate of drug-likeness (QED) is 0.187. The zero-order valence-electron chi connectivity index (χ0n) is 23.3. The first kappa shape index (κ1) is 24.2. The van der Waals surface area contributed by atoms with Crippen LogP contribution in [0.25, 0.3) is 95.7 Å². The fourth-order valence-corrected chi connectivity index (χ4v) is 8.92. The van der Waals surface area contributed by atoms with Gasteiger partial charge in [0.25, 0.3) is 0 Å². The van der Waals surface area contributed by atoms with E-state index in [0.717, 1.165) is 48.8 Å². The third-order valence-corrected chi connectivity index (χ3v) is 11.0. The number of hydrogen-bond donors (Lipinski definition) is 0. The summed E-state index contributed by atoms with van der Waals surface area (Å²) in [6.45, 7) is 0. The van der Waals surface area contributed by atoms with Crippen LogP contribution in [-0.2, 0) is 0 Å². The molecule has 0 aliphatic carbocycles. The molecule has 0 radical (unpaired) electrons. The van der Waals surface area contributed by atoms with E-state index >= 15 is 0 Å². The van der Waals surface area contributed by atoms with E-state index in [9.17, 15) is 0 Å². The summed E-state index contributed by atoms with van der Waals surface area (Å²) in [7, 11) is 0. The van der Waals surface area contributed by atoms with Gasteiger partial charge in [0.15, 0.2) is 5.82 Å². The summed E-state index contributed by atoms with van der Waals surface area (Å²) in [5, 5.41) is 9.45. The third-order valence-electron chi connectivity index (χ3n) is 8.66. The van der Waals surface area contributed by atoms with Crippen molar-refractivity contribution in [3.8, 4) is 22.8 Å². The number of pyridine rings is 1. The van der Waals surface area contributed by atoms with Gasteiger partial charge in [0.05, 0.1) is 21.4 Å². The second kappa shape index (κ2) is 9.13. The SMILES string of the molecule is c1ccc2cc(-c3nc(-c4nc5ccccc5c5ccc6sc7ccccc7c6c45)nc4c3sc3ccccc34)ccc2c1. The van der Waals surface area contributed by atoms with Crippen LogP contribution in [0.3, 0.4) is 0 Å². The van der Waals surface area contributed by atoms with Crippen molar-refractivity contribution in [1.82, 2.24) is 15.0 Å². The Morgan fingerprint density at radius 1 is 0.432 bits per heavy atom. The van der Waals surface area contributed by atoms with Gasteiger partial charge in [-0.2, -0.15) is 0 Å². The zero-order valence-corrected chi connectivity index (χ0v) is 24.9. The molecular formula is C39H21N3S2. The molecular weight excluding hydrogens is 575 g/mol. The fraction of sp³-hybridized carbons (Fsp3) is 0. The van der Waals surface area contributed by atoms with Crippen molar-refractivity contribution in [2.24, 2.45) is 0 Å². The van der Waals surface area contributed by atoms with Gasteiger partial charge in [0, 0.05) is 46.6 Å².